The molecule has 1 aliphatic rings. The molecule has 22 heavy (non-hydrogen) atoms. The molecule has 7 heteroatoms. The van der Waals surface area contributed by atoms with Crippen molar-refractivity contribution in [2.45, 2.75) is 6.42 Å². The fraction of sp³-hybridized carbons (Fsp3) is 0.333. The van der Waals surface area contributed by atoms with E-state index >= 15 is 0 Å². The molecule has 1 aromatic heterocycles. The van der Waals surface area contributed by atoms with E-state index < -0.39 is 23.6 Å². The first-order valence-corrected chi connectivity index (χ1v) is 7.40. The highest BCUT2D eigenvalue weighted by atomic mass is 32.1. The van der Waals surface area contributed by atoms with Crippen molar-refractivity contribution < 1.29 is 28.6 Å². The molecule has 0 radical (unpaired) electrons. The normalized spacial score (nSPS) is 20.0. The molecule has 1 saturated carbocycles. The van der Waals surface area contributed by atoms with Gasteiger partial charge in [0, 0.05) is 22.1 Å². The molecule has 1 fully saturated rings. The van der Waals surface area contributed by atoms with E-state index in [-0.39, 0.29) is 22.7 Å². The van der Waals surface area contributed by atoms with Crippen LogP contribution in [0.3, 0.4) is 0 Å². The smallest absolute Gasteiger partial charge is 0.307 e. The zero-order valence-electron chi connectivity index (χ0n) is 11.9. The van der Waals surface area contributed by atoms with Crippen LogP contribution in [0.2, 0.25) is 0 Å². The molecule has 1 N–H and O–H groups in total. The van der Waals surface area contributed by atoms with Crippen molar-refractivity contribution >= 4 is 33.2 Å². The molecule has 1 aromatic carbocycles. The van der Waals surface area contributed by atoms with Crippen LogP contribution in [0.15, 0.2) is 12.1 Å². The van der Waals surface area contributed by atoms with Crippen molar-refractivity contribution in [3.05, 3.63) is 22.8 Å². The molecule has 3 rings (SSSR count). The summed E-state index contributed by atoms with van der Waals surface area (Å²) in [4.78, 5) is 23.5. The highest BCUT2D eigenvalue weighted by Crippen LogP contribution is 2.45. The Morgan fingerprint density at radius 3 is 2.55 bits per heavy atom. The van der Waals surface area contributed by atoms with Gasteiger partial charge in [-0.15, -0.1) is 11.3 Å². The number of Topliss-reactive ketones (excluding diaryl/α,β-unsaturated/α-hetero) is 1. The third-order valence-corrected chi connectivity index (χ3v) is 4.89. The summed E-state index contributed by atoms with van der Waals surface area (Å²) in [6.07, 6.45) is 0.345. The number of methoxy groups -OCH3 is 2. The number of halogens is 1. The van der Waals surface area contributed by atoms with Gasteiger partial charge in [0.25, 0.3) is 0 Å². The first kappa shape index (κ1) is 14.8. The third-order valence-electron chi connectivity index (χ3n) is 3.79. The number of aliphatic carboxylic acids is 1. The lowest BCUT2D eigenvalue weighted by atomic mass is 10.1. The SMILES string of the molecule is COc1cc2sc(C(=O)C3CC3C(=O)O)cc2c(F)c1OC. The Bertz CT molecular complexity index is 782. The number of fused-ring (bicyclic) bond motifs is 1. The number of thiophene rings is 1. The molecule has 0 bridgehead atoms. The summed E-state index contributed by atoms with van der Waals surface area (Å²) in [5.41, 5.74) is 0. The van der Waals surface area contributed by atoms with Crippen LogP contribution in [0.4, 0.5) is 4.39 Å². The van der Waals surface area contributed by atoms with Gasteiger partial charge in [0.1, 0.15) is 0 Å². The number of rotatable bonds is 5. The van der Waals surface area contributed by atoms with Crippen molar-refractivity contribution in [3.63, 3.8) is 0 Å². The average molecular weight is 324 g/mol. The molecular weight excluding hydrogens is 311 g/mol. The van der Waals surface area contributed by atoms with Crippen LogP contribution < -0.4 is 9.47 Å². The van der Waals surface area contributed by atoms with Crippen molar-refractivity contribution in [1.29, 1.82) is 0 Å². The van der Waals surface area contributed by atoms with Crippen LogP contribution >= 0.6 is 11.3 Å². The first-order chi connectivity index (χ1) is 10.5. The molecule has 0 aliphatic heterocycles. The van der Waals surface area contributed by atoms with Gasteiger partial charge in [-0.2, -0.15) is 0 Å². The number of ketones is 1. The number of hydrogen-bond donors (Lipinski definition) is 1. The Balaban J connectivity index is 2.02. The zero-order valence-corrected chi connectivity index (χ0v) is 12.7. The Labute approximate surface area is 129 Å². The number of carbonyl (C=O) groups excluding carboxylic acids is 1. The quantitative estimate of drug-likeness (QED) is 0.856. The Hall–Kier alpha value is -2.15. The summed E-state index contributed by atoms with van der Waals surface area (Å²) in [6, 6.07) is 3.07. The summed E-state index contributed by atoms with van der Waals surface area (Å²) in [6.45, 7) is 0. The summed E-state index contributed by atoms with van der Waals surface area (Å²) in [5.74, 6) is -2.67. The van der Waals surface area contributed by atoms with E-state index in [1.165, 1.54) is 20.3 Å². The number of carboxylic acids is 1. The summed E-state index contributed by atoms with van der Waals surface area (Å²) in [5, 5.41) is 9.17. The fourth-order valence-electron chi connectivity index (χ4n) is 2.50. The predicted molar refractivity (Wildman–Crippen MR) is 78.5 cm³/mol. The molecule has 116 valence electrons. The molecule has 5 nitrogen and oxygen atoms in total. The van der Waals surface area contributed by atoms with Gasteiger partial charge in [-0.05, 0) is 12.5 Å². The summed E-state index contributed by atoms with van der Waals surface area (Å²) >= 11 is 1.13. The number of hydrogen-bond acceptors (Lipinski definition) is 5. The highest BCUT2D eigenvalue weighted by Gasteiger charge is 2.48. The Morgan fingerprint density at radius 1 is 1.27 bits per heavy atom. The van der Waals surface area contributed by atoms with E-state index in [9.17, 15) is 14.0 Å². The number of benzene rings is 1. The predicted octanol–water partition coefficient (Wildman–Crippen LogP) is 2.96. The Kier molecular flexibility index (Phi) is 3.52. The second kappa shape index (κ2) is 5.24. The fourth-order valence-corrected chi connectivity index (χ4v) is 3.59. The topological polar surface area (TPSA) is 72.8 Å². The van der Waals surface area contributed by atoms with E-state index in [0.717, 1.165) is 11.3 Å². The second-order valence-electron chi connectivity index (χ2n) is 5.10. The van der Waals surface area contributed by atoms with E-state index in [1.807, 2.05) is 0 Å². The maximum Gasteiger partial charge on any atom is 0.307 e. The van der Waals surface area contributed by atoms with Crippen LogP contribution in [0.25, 0.3) is 10.1 Å². The molecule has 0 saturated heterocycles. The number of carbonyl (C=O) groups is 2. The molecule has 1 aliphatic carbocycles. The van der Waals surface area contributed by atoms with E-state index in [1.54, 1.807) is 6.07 Å². The Morgan fingerprint density at radius 2 is 2.00 bits per heavy atom. The van der Waals surface area contributed by atoms with Gasteiger partial charge in [-0.25, -0.2) is 4.39 Å². The lowest BCUT2D eigenvalue weighted by molar-refractivity contribution is -0.138. The van der Waals surface area contributed by atoms with Crippen LogP contribution in [-0.2, 0) is 4.79 Å². The van der Waals surface area contributed by atoms with Crippen molar-refractivity contribution in [2.75, 3.05) is 14.2 Å². The molecule has 2 atom stereocenters. The molecule has 1 heterocycles. The van der Waals surface area contributed by atoms with Crippen molar-refractivity contribution in [3.8, 4) is 11.5 Å². The van der Waals surface area contributed by atoms with Gasteiger partial charge in [-0.3, -0.25) is 9.59 Å². The number of carboxylic acid groups (broad SMARTS) is 1. The average Bonchev–Trinajstić information content (AvgIpc) is 3.19. The molecule has 0 spiro atoms. The first-order valence-electron chi connectivity index (χ1n) is 6.59. The zero-order chi connectivity index (χ0) is 16.0. The van der Waals surface area contributed by atoms with Gasteiger partial charge in [0.15, 0.2) is 23.1 Å². The summed E-state index contributed by atoms with van der Waals surface area (Å²) < 4.78 is 25.1. The van der Waals surface area contributed by atoms with Crippen molar-refractivity contribution in [2.24, 2.45) is 11.8 Å². The highest BCUT2D eigenvalue weighted by molar-refractivity contribution is 7.20. The maximum atomic E-state index is 14.4. The van der Waals surface area contributed by atoms with Gasteiger partial charge >= 0.3 is 5.97 Å². The molecule has 2 aromatic rings. The van der Waals surface area contributed by atoms with Crippen LogP contribution in [-0.4, -0.2) is 31.1 Å². The maximum absolute atomic E-state index is 14.4. The standard InChI is InChI=1S/C15H13FO5S/c1-20-9-5-10-8(12(16)14(9)21-2)4-11(22-10)13(17)6-3-7(6)15(18)19/h4-7H,3H2,1-2H3,(H,18,19). The second-order valence-corrected chi connectivity index (χ2v) is 6.18. The summed E-state index contributed by atoms with van der Waals surface area (Å²) in [7, 11) is 2.75. The van der Waals surface area contributed by atoms with Gasteiger partial charge < -0.3 is 14.6 Å². The van der Waals surface area contributed by atoms with Gasteiger partial charge in [-0.1, -0.05) is 0 Å². The van der Waals surface area contributed by atoms with Crippen LogP contribution in [0.1, 0.15) is 16.1 Å². The lowest BCUT2D eigenvalue weighted by Crippen LogP contribution is -2.06. The van der Waals surface area contributed by atoms with Crippen molar-refractivity contribution in [1.82, 2.24) is 0 Å². The van der Waals surface area contributed by atoms with E-state index in [2.05, 4.69) is 0 Å². The lowest BCUT2D eigenvalue weighted by Gasteiger charge is -2.08. The monoisotopic (exact) mass is 324 g/mol. The largest absolute Gasteiger partial charge is 0.493 e. The molecule has 0 amide bonds. The minimum Gasteiger partial charge on any atom is -0.493 e. The molecule has 2 unspecified atom stereocenters. The minimum atomic E-state index is -0.964. The van der Waals surface area contributed by atoms with Gasteiger partial charge in [0.05, 0.1) is 25.0 Å². The van der Waals surface area contributed by atoms with E-state index in [4.69, 9.17) is 14.6 Å². The number of ether oxygens (including phenoxy) is 2. The van der Waals surface area contributed by atoms with Gasteiger partial charge in [0.2, 0.25) is 0 Å². The molecular formula is C15H13FO5S. The minimum absolute atomic E-state index is 0.0124. The van der Waals surface area contributed by atoms with Crippen LogP contribution in [0, 0.1) is 17.7 Å². The van der Waals surface area contributed by atoms with E-state index in [0.29, 0.717) is 16.0 Å². The van der Waals surface area contributed by atoms with Crippen LogP contribution in [0.5, 0.6) is 11.5 Å². The third kappa shape index (κ3) is 2.21.